The van der Waals surface area contributed by atoms with Crippen LogP contribution in [0.2, 0.25) is 0 Å². The largest absolute Gasteiger partial charge is 0.346 e. The summed E-state index contributed by atoms with van der Waals surface area (Å²) in [5, 5.41) is 17.0. The Morgan fingerprint density at radius 3 is 2.76 bits per heavy atom. The number of aromatic nitrogens is 5. The first-order valence-electron chi connectivity index (χ1n) is 5.14. The topological polar surface area (TPSA) is 85.5 Å². The normalized spacial score (nSPS) is 10.8. The average Bonchev–Trinajstić information content (AvgIpc) is 2.89. The van der Waals surface area contributed by atoms with Crippen molar-refractivity contribution >= 4 is 21.9 Å². The van der Waals surface area contributed by atoms with Gasteiger partial charge in [-0.3, -0.25) is 10.2 Å². The molecule has 7 nitrogen and oxygen atoms in total. The summed E-state index contributed by atoms with van der Waals surface area (Å²) in [6, 6.07) is 0. The van der Waals surface area contributed by atoms with Gasteiger partial charge in [-0.2, -0.15) is 10.1 Å². The smallest absolute Gasteiger partial charge is 0.244 e. The van der Waals surface area contributed by atoms with Crippen molar-refractivity contribution in [2.24, 2.45) is 0 Å². The summed E-state index contributed by atoms with van der Waals surface area (Å²) in [5.74, 6) is 1.49. The average molecular weight is 300 g/mol. The second-order valence-electron chi connectivity index (χ2n) is 3.78. The summed E-state index contributed by atoms with van der Waals surface area (Å²) in [4.78, 5) is 6.16. The second-order valence-corrected chi connectivity index (χ2v) is 4.63. The summed E-state index contributed by atoms with van der Waals surface area (Å²) in [7, 11) is 3.81. The molecule has 2 heterocycles. The van der Waals surface area contributed by atoms with Crippen LogP contribution in [0.1, 0.15) is 11.5 Å². The van der Waals surface area contributed by atoms with Crippen molar-refractivity contribution in [2.45, 2.75) is 13.1 Å². The highest BCUT2D eigenvalue weighted by atomic mass is 79.9. The first-order valence-corrected chi connectivity index (χ1v) is 5.93. The third-order valence-electron chi connectivity index (χ3n) is 2.18. The number of nitrogens with one attached hydrogen (secondary N) is 3. The molecule has 0 saturated heterocycles. The van der Waals surface area contributed by atoms with E-state index in [1.165, 1.54) is 0 Å². The van der Waals surface area contributed by atoms with Crippen molar-refractivity contribution in [3.8, 4) is 0 Å². The quantitative estimate of drug-likeness (QED) is 0.755. The number of H-pyrrole nitrogens is 2. The molecule has 0 aromatic carbocycles. The Morgan fingerprint density at radius 2 is 2.18 bits per heavy atom. The lowest BCUT2D eigenvalue weighted by atomic mass is 10.4. The number of halogens is 1. The Labute approximate surface area is 107 Å². The van der Waals surface area contributed by atoms with Crippen molar-refractivity contribution in [2.75, 3.05) is 19.0 Å². The zero-order chi connectivity index (χ0) is 12.3. The van der Waals surface area contributed by atoms with Crippen molar-refractivity contribution in [1.82, 2.24) is 30.7 Å². The van der Waals surface area contributed by atoms with Crippen LogP contribution >= 0.6 is 15.9 Å². The number of hydrogen-bond acceptors (Lipinski definition) is 5. The molecule has 0 aliphatic carbocycles. The number of rotatable bonds is 5. The van der Waals surface area contributed by atoms with E-state index in [1.807, 2.05) is 19.0 Å². The number of anilines is 1. The first kappa shape index (κ1) is 12.1. The van der Waals surface area contributed by atoms with E-state index in [4.69, 9.17) is 0 Å². The van der Waals surface area contributed by atoms with E-state index in [1.54, 1.807) is 6.20 Å². The maximum atomic E-state index is 4.31. The Hall–Kier alpha value is -1.41. The van der Waals surface area contributed by atoms with E-state index in [0.717, 1.165) is 16.0 Å². The van der Waals surface area contributed by atoms with E-state index >= 15 is 0 Å². The first-order chi connectivity index (χ1) is 8.16. The molecule has 0 amide bonds. The Kier molecular flexibility index (Phi) is 3.75. The van der Waals surface area contributed by atoms with Crippen molar-refractivity contribution in [1.29, 1.82) is 0 Å². The molecule has 0 fully saturated rings. The minimum atomic E-state index is 0.631. The van der Waals surface area contributed by atoms with Crippen LogP contribution in [-0.2, 0) is 13.1 Å². The second kappa shape index (κ2) is 5.28. The highest BCUT2D eigenvalue weighted by Crippen LogP contribution is 2.12. The molecule has 2 aromatic rings. The van der Waals surface area contributed by atoms with Crippen LogP contribution in [0.25, 0.3) is 0 Å². The molecule has 0 radical (unpaired) electrons. The zero-order valence-electron chi connectivity index (χ0n) is 9.66. The third kappa shape index (κ3) is 3.04. The highest BCUT2D eigenvalue weighted by Gasteiger charge is 2.05. The van der Waals surface area contributed by atoms with Crippen LogP contribution in [0.5, 0.6) is 0 Å². The lowest BCUT2D eigenvalue weighted by Gasteiger charge is -2.03. The zero-order valence-corrected chi connectivity index (χ0v) is 11.2. The number of nitrogens with zero attached hydrogens (tertiary/aromatic N) is 4. The predicted octanol–water partition coefficient (Wildman–Crippen LogP) is 0.646. The van der Waals surface area contributed by atoms with Crippen LogP contribution in [0.15, 0.2) is 10.7 Å². The fourth-order valence-corrected chi connectivity index (χ4v) is 1.62. The third-order valence-corrected chi connectivity index (χ3v) is 2.86. The minimum absolute atomic E-state index is 0.631. The standard InChI is InChI=1S/C9H14BrN7/c1-17(2)9-13-8(15-16-9)5-11-4-7-6(10)3-12-14-7/h3,11H,4-5H2,1-2H3,(H,12,14)(H,13,15,16). The molecule has 0 bridgehead atoms. The lowest BCUT2D eigenvalue weighted by molar-refractivity contribution is 0.651. The summed E-state index contributed by atoms with van der Waals surface area (Å²) < 4.78 is 0.969. The molecule has 0 unspecified atom stereocenters. The van der Waals surface area contributed by atoms with Crippen LogP contribution in [0.3, 0.4) is 0 Å². The molecule has 0 saturated carbocycles. The molecule has 8 heteroatoms. The maximum absolute atomic E-state index is 4.31. The molecule has 0 spiro atoms. The van der Waals surface area contributed by atoms with Gasteiger partial charge in [0.05, 0.1) is 22.9 Å². The van der Waals surface area contributed by atoms with E-state index in [0.29, 0.717) is 19.0 Å². The molecular formula is C9H14BrN7. The van der Waals surface area contributed by atoms with Crippen molar-refractivity contribution in [3.63, 3.8) is 0 Å². The minimum Gasteiger partial charge on any atom is -0.346 e. The van der Waals surface area contributed by atoms with Crippen molar-refractivity contribution in [3.05, 3.63) is 22.2 Å². The summed E-state index contributed by atoms with van der Waals surface area (Å²) >= 11 is 3.40. The SMILES string of the molecule is CN(C)c1n[nH]c(CNCc2[nH]ncc2Br)n1. The van der Waals surface area contributed by atoms with Gasteiger partial charge in [-0.05, 0) is 15.9 Å². The van der Waals surface area contributed by atoms with Gasteiger partial charge in [0.1, 0.15) is 5.82 Å². The highest BCUT2D eigenvalue weighted by molar-refractivity contribution is 9.10. The van der Waals surface area contributed by atoms with Crippen LogP contribution in [0.4, 0.5) is 5.95 Å². The van der Waals surface area contributed by atoms with Crippen molar-refractivity contribution < 1.29 is 0 Å². The fourth-order valence-electron chi connectivity index (χ4n) is 1.29. The number of aromatic amines is 2. The summed E-state index contributed by atoms with van der Waals surface area (Å²) in [6.45, 7) is 1.32. The van der Waals surface area contributed by atoms with E-state index < -0.39 is 0 Å². The molecule has 3 N–H and O–H groups in total. The van der Waals surface area contributed by atoms with E-state index in [2.05, 4.69) is 46.6 Å². The van der Waals surface area contributed by atoms with Crippen LogP contribution in [-0.4, -0.2) is 39.5 Å². The van der Waals surface area contributed by atoms with Gasteiger partial charge in [-0.1, -0.05) is 0 Å². The monoisotopic (exact) mass is 299 g/mol. The lowest BCUT2D eigenvalue weighted by Crippen LogP contribution is -2.15. The van der Waals surface area contributed by atoms with Gasteiger partial charge in [-0.15, -0.1) is 5.10 Å². The van der Waals surface area contributed by atoms with Crippen LogP contribution < -0.4 is 10.2 Å². The molecule has 92 valence electrons. The van der Waals surface area contributed by atoms with Gasteiger partial charge in [0.25, 0.3) is 0 Å². The van der Waals surface area contributed by atoms with Gasteiger partial charge < -0.3 is 10.2 Å². The number of hydrogen-bond donors (Lipinski definition) is 3. The van der Waals surface area contributed by atoms with Gasteiger partial charge in [0.15, 0.2) is 0 Å². The summed E-state index contributed by atoms with van der Waals surface area (Å²) in [6.07, 6.45) is 1.73. The Bertz CT molecular complexity index is 475. The van der Waals surface area contributed by atoms with Crippen LogP contribution in [0, 0.1) is 0 Å². The predicted molar refractivity (Wildman–Crippen MR) is 67.5 cm³/mol. The molecule has 17 heavy (non-hydrogen) atoms. The fraction of sp³-hybridized carbons (Fsp3) is 0.444. The molecular weight excluding hydrogens is 286 g/mol. The van der Waals surface area contributed by atoms with Gasteiger partial charge in [0, 0.05) is 20.6 Å². The van der Waals surface area contributed by atoms with Gasteiger partial charge in [0.2, 0.25) is 5.95 Å². The van der Waals surface area contributed by atoms with E-state index in [-0.39, 0.29) is 0 Å². The maximum Gasteiger partial charge on any atom is 0.244 e. The van der Waals surface area contributed by atoms with Gasteiger partial charge >= 0.3 is 0 Å². The molecule has 0 atom stereocenters. The molecule has 2 aromatic heterocycles. The Balaban J connectivity index is 1.84. The Morgan fingerprint density at radius 1 is 1.35 bits per heavy atom. The summed E-state index contributed by atoms with van der Waals surface area (Å²) in [5.41, 5.74) is 1.01. The van der Waals surface area contributed by atoms with E-state index in [9.17, 15) is 0 Å². The van der Waals surface area contributed by atoms with Gasteiger partial charge in [-0.25, -0.2) is 0 Å². The molecule has 0 aliphatic rings. The molecule has 2 rings (SSSR count). The molecule has 0 aliphatic heterocycles.